The number of alkyl halides is 3. The monoisotopic (exact) mass is 349 g/mol. The summed E-state index contributed by atoms with van der Waals surface area (Å²) in [5, 5.41) is 3.86. The molecule has 0 aliphatic heterocycles. The molecule has 0 atom stereocenters. The van der Waals surface area contributed by atoms with Gasteiger partial charge in [-0.05, 0) is 12.1 Å². The Bertz CT molecular complexity index is 965. The van der Waals surface area contributed by atoms with Crippen LogP contribution in [0.5, 0.6) is 0 Å². The highest BCUT2D eigenvalue weighted by Crippen LogP contribution is 2.34. The zero-order valence-corrected chi connectivity index (χ0v) is 12.6. The number of amides is 1. The molecule has 1 heterocycles. The van der Waals surface area contributed by atoms with E-state index in [-0.39, 0.29) is 0 Å². The quantitative estimate of drug-likeness (QED) is 0.537. The van der Waals surface area contributed by atoms with Crippen LogP contribution in [0.1, 0.15) is 15.9 Å². The van der Waals surface area contributed by atoms with Gasteiger partial charge in [-0.1, -0.05) is 24.3 Å². The summed E-state index contributed by atoms with van der Waals surface area (Å²) in [5.74, 6) is -2.42. The van der Waals surface area contributed by atoms with Gasteiger partial charge in [-0.25, -0.2) is 4.39 Å². The summed E-state index contributed by atoms with van der Waals surface area (Å²) in [7, 11) is 0. The Hall–Kier alpha value is -3.16. The Morgan fingerprint density at radius 2 is 1.84 bits per heavy atom. The molecule has 0 bridgehead atoms. The van der Waals surface area contributed by atoms with Crippen LogP contribution in [0.4, 0.5) is 28.9 Å². The lowest BCUT2D eigenvalue weighted by Gasteiger charge is -2.13. The lowest BCUT2D eigenvalue weighted by Crippen LogP contribution is -2.17. The minimum absolute atomic E-state index is 0.306. The Morgan fingerprint density at radius 1 is 1.12 bits per heavy atom. The van der Waals surface area contributed by atoms with Crippen molar-refractivity contribution in [1.82, 2.24) is 4.98 Å². The van der Waals surface area contributed by atoms with Gasteiger partial charge in [-0.2, -0.15) is 13.2 Å². The molecule has 128 valence electrons. The summed E-state index contributed by atoms with van der Waals surface area (Å²) in [6, 6.07) is 7.90. The smallest absolute Gasteiger partial charge is 0.398 e. The van der Waals surface area contributed by atoms with Crippen molar-refractivity contribution in [2.45, 2.75) is 6.18 Å². The number of carbonyl (C=O) groups is 1. The van der Waals surface area contributed by atoms with Crippen LogP contribution in [0, 0.1) is 5.82 Å². The number of hydrogen-bond donors (Lipinski definition) is 2. The second kappa shape index (κ2) is 6.04. The number of carbonyl (C=O) groups excluding carboxylic acids is 1. The summed E-state index contributed by atoms with van der Waals surface area (Å²) in [6.07, 6.45) is -1.99. The second-order valence-corrected chi connectivity index (χ2v) is 5.28. The molecule has 1 amide bonds. The summed E-state index contributed by atoms with van der Waals surface area (Å²) in [5.41, 5.74) is 3.41. The average molecular weight is 349 g/mol. The number of anilines is 2. The van der Waals surface area contributed by atoms with Crippen LogP contribution in [-0.2, 0) is 6.18 Å². The first kappa shape index (κ1) is 16.7. The maximum Gasteiger partial charge on any atom is 0.419 e. The Kier molecular flexibility index (Phi) is 4.03. The van der Waals surface area contributed by atoms with Crippen molar-refractivity contribution in [3.63, 3.8) is 0 Å². The first-order valence-electron chi connectivity index (χ1n) is 7.07. The Morgan fingerprint density at radius 3 is 2.56 bits per heavy atom. The Balaban J connectivity index is 2.01. The predicted octanol–water partition coefficient (Wildman–Crippen LogP) is 4.23. The van der Waals surface area contributed by atoms with Crippen LogP contribution in [0.25, 0.3) is 10.8 Å². The van der Waals surface area contributed by atoms with E-state index >= 15 is 0 Å². The van der Waals surface area contributed by atoms with E-state index in [2.05, 4.69) is 10.3 Å². The number of fused-ring (bicyclic) bond motifs is 1. The first-order chi connectivity index (χ1) is 11.8. The van der Waals surface area contributed by atoms with Gasteiger partial charge in [-0.3, -0.25) is 9.78 Å². The highest BCUT2D eigenvalue weighted by molar-refractivity contribution is 6.11. The number of nitrogens with zero attached hydrogens (tertiary/aromatic N) is 1. The van der Waals surface area contributed by atoms with Crippen LogP contribution in [-0.4, -0.2) is 10.9 Å². The fraction of sp³-hybridized carbons (Fsp3) is 0.0588. The standard InChI is InChI=1S/C17H11F4N3O/c18-13-6-14(22)11(5-12(13)17(19,20)21)16(25)24-15-8-23-7-9-3-1-2-4-10(9)15/h1-8H,22H2,(H,24,25). The van der Waals surface area contributed by atoms with E-state index in [1.807, 2.05) is 0 Å². The molecular weight excluding hydrogens is 338 g/mol. The third kappa shape index (κ3) is 3.23. The molecule has 8 heteroatoms. The maximum atomic E-state index is 13.5. The summed E-state index contributed by atoms with van der Waals surface area (Å²) in [4.78, 5) is 16.3. The molecule has 3 aromatic rings. The molecule has 0 saturated heterocycles. The van der Waals surface area contributed by atoms with E-state index in [0.29, 0.717) is 23.2 Å². The molecule has 0 fully saturated rings. The largest absolute Gasteiger partial charge is 0.419 e. The number of nitrogen functional groups attached to an aromatic ring is 1. The van der Waals surface area contributed by atoms with Gasteiger partial charge in [0, 0.05) is 22.7 Å². The summed E-state index contributed by atoms with van der Waals surface area (Å²) >= 11 is 0. The summed E-state index contributed by atoms with van der Waals surface area (Å²) in [6.45, 7) is 0. The SMILES string of the molecule is Nc1cc(F)c(C(F)(F)F)cc1C(=O)Nc1cncc2ccccc12. The number of hydrogen-bond acceptors (Lipinski definition) is 3. The van der Waals surface area contributed by atoms with Gasteiger partial charge >= 0.3 is 6.18 Å². The van der Waals surface area contributed by atoms with Crippen molar-refractivity contribution >= 4 is 28.1 Å². The zero-order valence-electron chi connectivity index (χ0n) is 12.6. The van der Waals surface area contributed by atoms with Gasteiger partial charge in [-0.15, -0.1) is 0 Å². The van der Waals surface area contributed by atoms with Crippen molar-refractivity contribution in [2.24, 2.45) is 0 Å². The van der Waals surface area contributed by atoms with Crippen LogP contribution in [0.2, 0.25) is 0 Å². The molecule has 3 N–H and O–H groups in total. The number of rotatable bonds is 2. The van der Waals surface area contributed by atoms with Crippen molar-refractivity contribution in [3.8, 4) is 0 Å². The number of pyridine rings is 1. The van der Waals surface area contributed by atoms with E-state index < -0.39 is 34.7 Å². The van der Waals surface area contributed by atoms with E-state index in [1.54, 1.807) is 30.5 Å². The van der Waals surface area contributed by atoms with Crippen LogP contribution >= 0.6 is 0 Å². The van der Waals surface area contributed by atoms with Gasteiger partial charge < -0.3 is 11.1 Å². The third-order valence-corrected chi connectivity index (χ3v) is 3.61. The van der Waals surface area contributed by atoms with Gasteiger partial charge in [0.15, 0.2) is 0 Å². The fourth-order valence-electron chi connectivity index (χ4n) is 2.41. The molecular formula is C17H11F4N3O. The molecule has 0 saturated carbocycles. The summed E-state index contributed by atoms with van der Waals surface area (Å²) < 4.78 is 52.0. The minimum Gasteiger partial charge on any atom is -0.398 e. The molecule has 25 heavy (non-hydrogen) atoms. The van der Waals surface area contributed by atoms with E-state index in [1.165, 1.54) is 6.20 Å². The highest BCUT2D eigenvalue weighted by Gasteiger charge is 2.35. The second-order valence-electron chi connectivity index (χ2n) is 5.28. The third-order valence-electron chi connectivity index (χ3n) is 3.61. The maximum absolute atomic E-state index is 13.5. The van der Waals surface area contributed by atoms with Crippen molar-refractivity contribution in [2.75, 3.05) is 11.1 Å². The van der Waals surface area contributed by atoms with Gasteiger partial charge in [0.25, 0.3) is 5.91 Å². The van der Waals surface area contributed by atoms with Gasteiger partial charge in [0.05, 0.1) is 23.0 Å². The lowest BCUT2D eigenvalue weighted by molar-refractivity contribution is -0.139. The highest BCUT2D eigenvalue weighted by atomic mass is 19.4. The molecule has 0 radical (unpaired) electrons. The first-order valence-corrected chi connectivity index (χ1v) is 7.07. The Labute approximate surface area is 139 Å². The van der Waals surface area contributed by atoms with E-state index in [9.17, 15) is 22.4 Å². The number of benzene rings is 2. The fourth-order valence-corrected chi connectivity index (χ4v) is 2.41. The number of aromatic nitrogens is 1. The number of halogens is 4. The molecule has 2 aromatic carbocycles. The predicted molar refractivity (Wildman–Crippen MR) is 85.5 cm³/mol. The lowest BCUT2D eigenvalue weighted by atomic mass is 10.1. The molecule has 4 nitrogen and oxygen atoms in total. The molecule has 0 unspecified atom stereocenters. The topological polar surface area (TPSA) is 68.0 Å². The van der Waals surface area contributed by atoms with E-state index in [0.717, 1.165) is 5.39 Å². The molecule has 0 aliphatic rings. The number of nitrogens with two attached hydrogens (primary N) is 1. The van der Waals surface area contributed by atoms with Crippen molar-refractivity contribution in [3.05, 3.63) is 65.7 Å². The normalized spacial score (nSPS) is 11.5. The van der Waals surface area contributed by atoms with Gasteiger partial charge in [0.2, 0.25) is 0 Å². The molecule has 0 spiro atoms. The van der Waals surface area contributed by atoms with Crippen LogP contribution in [0.15, 0.2) is 48.8 Å². The number of nitrogens with one attached hydrogen (secondary N) is 1. The molecule has 0 aliphatic carbocycles. The van der Waals surface area contributed by atoms with E-state index in [4.69, 9.17) is 5.73 Å². The van der Waals surface area contributed by atoms with Gasteiger partial charge in [0.1, 0.15) is 5.82 Å². The zero-order chi connectivity index (χ0) is 18.2. The molecule has 1 aromatic heterocycles. The molecule has 3 rings (SSSR count). The van der Waals surface area contributed by atoms with Crippen molar-refractivity contribution < 1.29 is 22.4 Å². The minimum atomic E-state index is -4.94. The van der Waals surface area contributed by atoms with Crippen LogP contribution in [0.3, 0.4) is 0 Å². The average Bonchev–Trinajstić information content (AvgIpc) is 2.54. The van der Waals surface area contributed by atoms with Crippen LogP contribution < -0.4 is 11.1 Å². The van der Waals surface area contributed by atoms with Crippen molar-refractivity contribution in [1.29, 1.82) is 0 Å².